The molecule has 0 saturated carbocycles. The Balaban J connectivity index is 2.22. The minimum absolute atomic E-state index is 0.206. The Morgan fingerprint density at radius 3 is 2.58 bits per heavy atom. The molecule has 4 heteroatoms. The Hall–Kier alpha value is -2.75. The molecule has 0 unspecified atom stereocenters. The fourth-order valence-corrected chi connectivity index (χ4v) is 1.97. The molecule has 0 saturated heterocycles. The fourth-order valence-electron chi connectivity index (χ4n) is 1.97. The summed E-state index contributed by atoms with van der Waals surface area (Å²) in [7, 11) is 0. The summed E-state index contributed by atoms with van der Waals surface area (Å²) in [4.78, 5) is 19.9. The van der Waals surface area contributed by atoms with Gasteiger partial charge in [0.25, 0.3) is 0 Å². The second-order valence-electron chi connectivity index (χ2n) is 4.10. The second kappa shape index (κ2) is 4.49. The molecule has 0 amide bonds. The molecule has 4 nitrogen and oxygen atoms in total. The Morgan fingerprint density at radius 1 is 1.00 bits per heavy atom. The summed E-state index contributed by atoms with van der Waals surface area (Å²) in [6.07, 6.45) is 1.70. The van der Waals surface area contributed by atoms with Crippen LogP contribution in [0.25, 0.3) is 22.3 Å². The molecule has 1 N–H and O–H groups in total. The van der Waals surface area contributed by atoms with Crippen LogP contribution in [0.1, 0.15) is 10.4 Å². The van der Waals surface area contributed by atoms with Gasteiger partial charge in [-0.05, 0) is 12.1 Å². The van der Waals surface area contributed by atoms with Gasteiger partial charge in [0, 0.05) is 17.1 Å². The van der Waals surface area contributed by atoms with E-state index in [1.807, 2.05) is 24.3 Å². The molecule has 1 aromatic heterocycles. The largest absolute Gasteiger partial charge is 0.478 e. The summed E-state index contributed by atoms with van der Waals surface area (Å²) < 4.78 is 0. The molecule has 0 radical (unpaired) electrons. The zero-order valence-electron chi connectivity index (χ0n) is 9.95. The summed E-state index contributed by atoms with van der Waals surface area (Å²) in [6, 6.07) is 14.3. The number of aromatic carboxylic acids is 1. The van der Waals surface area contributed by atoms with Crippen molar-refractivity contribution in [2.45, 2.75) is 0 Å². The molecule has 92 valence electrons. The first kappa shape index (κ1) is 11.3. The molecule has 0 aliphatic carbocycles. The predicted octanol–water partition coefficient (Wildman–Crippen LogP) is 3.00. The lowest BCUT2D eigenvalue weighted by Crippen LogP contribution is -2.01. The Labute approximate surface area is 109 Å². The molecule has 2 aromatic carbocycles. The zero-order chi connectivity index (χ0) is 13.2. The highest BCUT2D eigenvalue weighted by atomic mass is 16.4. The number of nitrogens with zero attached hydrogens (tertiary/aromatic N) is 2. The van der Waals surface area contributed by atoms with Gasteiger partial charge in [-0.1, -0.05) is 36.4 Å². The normalized spacial score (nSPS) is 10.5. The first-order valence-electron chi connectivity index (χ1n) is 5.80. The molecule has 19 heavy (non-hydrogen) atoms. The van der Waals surface area contributed by atoms with Crippen LogP contribution in [0, 0.1) is 0 Å². The number of carbonyl (C=O) groups is 1. The first-order chi connectivity index (χ1) is 9.25. The lowest BCUT2D eigenvalue weighted by molar-refractivity contribution is 0.0697. The van der Waals surface area contributed by atoms with Crippen molar-refractivity contribution in [3.63, 3.8) is 0 Å². The van der Waals surface area contributed by atoms with E-state index in [0.29, 0.717) is 11.4 Å². The van der Waals surface area contributed by atoms with Crippen LogP contribution in [0.3, 0.4) is 0 Å². The highest BCUT2D eigenvalue weighted by Crippen LogP contribution is 2.22. The highest BCUT2D eigenvalue weighted by Gasteiger charge is 2.13. The van der Waals surface area contributed by atoms with Crippen molar-refractivity contribution in [3.05, 3.63) is 60.3 Å². The van der Waals surface area contributed by atoms with Crippen LogP contribution in [0.4, 0.5) is 0 Å². The van der Waals surface area contributed by atoms with Crippen molar-refractivity contribution < 1.29 is 9.90 Å². The molecule has 0 spiro atoms. The number of hydrogen-bond donors (Lipinski definition) is 1. The van der Waals surface area contributed by atoms with Gasteiger partial charge >= 0.3 is 5.97 Å². The van der Waals surface area contributed by atoms with Crippen LogP contribution in [-0.2, 0) is 0 Å². The molecule has 0 bridgehead atoms. The SMILES string of the molecule is O=C(O)c1ccccc1-c1ncc2ccccc2n1. The Morgan fingerprint density at radius 2 is 1.74 bits per heavy atom. The molecule has 0 aliphatic rings. The summed E-state index contributed by atoms with van der Waals surface area (Å²) in [5.41, 5.74) is 1.53. The van der Waals surface area contributed by atoms with Gasteiger partial charge in [-0.15, -0.1) is 0 Å². The van der Waals surface area contributed by atoms with Crippen molar-refractivity contribution in [3.8, 4) is 11.4 Å². The number of benzene rings is 2. The zero-order valence-corrected chi connectivity index (χ0v) is 9.95. The molecular formula is C15H10N2O2. The van der Waals surface area contributed by atoms with Crippen molar-refractivity contribution in [1.29, 1.82) is 0 Å². The van der Waals surface area contributed by atoms with Gasteiger partial charge in [-0.3, -0.25) is 0 Å². The first-order valence-corrected chi connectivity index (χ1v) is 5.80. The molecule has 1 heterocycles. The molecular weight excluding hydrogens is 240 g/mol. The molecule has 3 aromatic rings. The molecule has 3 rings (SSSR count). The number of hydrogen-bond acceptors (Lipinski definition) is 3. The number of rotatable bonds is 2. The summed E-state index contributed by atoms with van der Waals surface area (Å²) in [6.45, 7) is 0. The fraction of sp³-hybridized carbons (Fsp3) is 0. The van der Waals surface area contributed by atoms with E-state index in [2.05, 4.69) is 9.97 Å². The smallest absolute Gasteiger partial charge is 0.336 e. The number of carboxylic acid groups (broad SMARTS) is 1. The quantitative estimate of drug-likeness (QED) is 0.759. The summed E-state index contributed by atoms with van der Waals surface area (Å²) in [5, 5.41) is 10.1. The third-order valence-electron chi connectivity index (χ3n) is 2.89. The maximum atomic E-state index is 11.2. The topological polar surface area (TPSA) is 63.1 Å². The van der Waals surface area contributed by atoms with Gasteiger partial charge in [-0.2, -0.15) is 0 Å². The molecule has 0 aliphatic heterocycles. The van der Waals surface area contributed by atoms with Crippen LogP contribution < -0.4 is 0 Å². The van der Waals surface area contributed by atoms with E-state index in [4.69, 9.17) is 0 Å². The average molecular weight is 250 g/mol. The number of carboxylic acids is 1. The van der Waals surface area contributed by atoms with Crippen molar-refractivity contribution in [2.24, 2.45) is 0 Å². The van der Waals surface area contributed by atoms with Gasteiger partial charge in [0.2, 0.25) is 0 Å². The van der Waals surface area contributed by atoms with E-state index in [1.165, 1.54) is 0 Å². The number of aromatic nitrogens is 2. The maximum Gasteiger partial charge on any atom is 0.336 e. The molecule has 0 fully saturated rings. The van der Waals surface area contributed by atoms with E-state index in [0.717, 1.165) is 10.9 Å². The van der Waals surface area contributed by atoms with Crippen molar-refractivity contribution >= 4 is 16.9 Å². The van der Waals surface area contributed by atoms with E-state index >= 15 is 0 Å². The molecule has 0 atom stereocenters. The third kappa shape index (κ3) is 2.04. The second-order valence-corrected chi connectivity index (χ2v) is 4.10. The lowest BCUT2D eigenvalue weighted by atomic mass is 10.1. The van der Waals surface area contributed by atoms with Crippen LogP contribution >= 0.6 is 0 Å². The third-order valence-corrected chi connectivity index (χ3v) is 2.89. The number of fused-ring (bicyclic) bond motifs is 1. The van der Waals surface area contributed by atoms with Crippen LogP contribution in [-0.4, -0.2) is 21.0 Å². The van der Waals surface area contributed by atoms with Gasteiger partial charge in [0.15, 0.2) is 5.82 Å². The van der Waals surface area contributed by atoms with Crippen molar-refractivity contribution in [1.82, 2.24) is 9.97 Å². The predicted molar refractivity (Wildman–Crippen MR) is 71.9 cm³/mol. The summed E-state index contributed by atoms with van der Waals surface area (Å²) >= 11 is 0. The van der Waals surface area contributed by atoms with Gasteiger partial charge in [0.05, 0.1) is 11.1 Å². The Kier molecular flexibility index (Phi) is 2.68. The summed E-state index contributed by atoms with van der Waals surface area (Å²) in [5.74, 6) is -0.552. The van der Waals surface area contributed by atoms with Gasteiger partial charge in [-0.25, -0.2) is 14.8 Å². The van der Waals surface area contributed by atoms with Crippen LogP contribution in [0.2, 0.25) is 0 Å². The van der Waals surface area contributed by atoms with Gasteiger partial charge in [0.1, 0.15) is 0 Å². The minimum Gasteiger partial charge on any atom is -0.478 e. The van der Waals surface area contributed by atoms with Crippen molar-refractivity contribution in [2.75, 3.05) is 0 Å². The van der Waals surface area contributed by atoms with E-state index in [1.54, 1.807) is 30.5 Å². The lowest BCUT2D eigenvalue weighted by Gasteiger charge is -2.05. The minimum atomic E-state index is -0.979. The number of para-hydroxylation sites is 1. The van der Waals surface area contributed by atoms with Crippen LogP contribution in [0.5, 0.6) is 0 Å². The highest BCUT2D eigenvalue weighted by molar-refractivity contribution is 5.95. The Bertz CT molecular complexity index is 769. The van der Waals surface area contributed by atoms with E-state index < -0.39 is 5.97 Å². The van der Waals surface area contributed by atoms with E-state index in [-0.39, 0.29) is 5.56 Å². The van der Waals surface area contributed by atoms with Gasteiger partial charge < -0.3 is 5.11 Å². The van der Waals surface area contributed by atoms with E-state index in [9.17, 15) is 9.90 Å². The van der Waals surface area contributed by atoms with Crippen LogP contribution in [0.15, 0.2) is 54.7 Å². The monoisotopic (exact) mass is 250 g/mol. The average Bonchev–Trinajstić information content (AvgIpc) is 2.46. The standard InChI is InChI=1S/C15H10N2O2/c18-15(19)12-7-3-2-6-11(12)14-16-9-10-5-1-4-8-13(10)17-14/h1-9H,(H,18,19). The maximum absolute atomic E-state index is 11.2.